The number of nitrogens with two attached hydrogens (primary N) is 1. The van der Waals surface area contributed by atoms with Gasteiger partial charge in [0.2, 0.25) is 5.95 Å². The van der Waals surface area contributed by atoms with Crippen LogP contribution < -0.4 is 16.6 Å². The van der Waals surface area contributed by atoms with Crippen LogP contribution in [-0.2, 0) is 4.74 Å². The molecule has 0 radical (unpaired) electrons. The van der Waals surface area contributed by atoms with E-state index in [4.69, 9.17) is 10.6 Å². The summed E-state index contributed by atoms with van der Waals surface area (Å²) in [6, 6.07) is 2.52. The molecule has 0 spiro atoms. The number of nitrogens with one attached hydrogen (secondary N) is 2. The third-order valence-corrected chi connectivity index (χ3v) is 4.36. The van der Waals surface area contributed by atoms with Crippen molar-refractivity contribution < 1.29 is 4.74 Å². The zero-order valence-electron chi connectivity index (χ0n) is 10.9. The number of methoxy groups -OCH3 is 1. The first-order valence-electron chi connectivity index (χ1n) is 6.23. The standard InChI is InChI=1S/C12H17N5OS/c1-6-3-9-10(14-7-4-8(5-7)18-2)15-12(17-13)16-11(9)19-6/h3,7-8H,4-5,13H2,1-2H3,(H2,14,15,16,17). The quantitative estimate of drug-likeness (QED) is 0.585. The average Bonchev–Trinajstić information content (AvgIpc) is 2.73. The molecule has 102 valence electrons. The molecule has 4 N–H and O–H groups in total. The summed E-state index contributed by atoms with van der Waals surface area (Å²) in [6.07, 6.45) is 2.39. The number of nitrogen functional groups attached to an aromatic ring is 1. The molecule has 0 amide bonds. The van der Waals surface area contributed by atoms with E-state index >= 15 is 0 Å². The highest BCUT2D eigenvalue weighted by Gasteiger charge is 2.29. The van der Waals surface area contributed by atoms with Gasteiger partial charge in [-0.15, -0.1) is 11.3 Å². The molecular formula is C12H17N5OS. The fourth-order valence-electron chi connectivity index (χ4n) is 2.29. The summed E-state index contributed by atoms with van der Waals surface area (Å²) < 4.78 is 5.29. The number of anilines is 2. The molecule has 2 aromatic heterocycles. The number of aromatic nitrogens is 2. The second kappa shape index (κ2) is 4.92. The lowest BCUT2D eigenvalue weighted by Crippen LogP contribution is -2.40. The maximum atomic E-state index is 5.42. The van der Waals surface area contributed by atoms with Crippen LogP contribution in [0.1, 0.15) is 17.7 Å². The van der Waals surface area contributed by atoms with Crippen molar-refractivity contribution >= 4 is 33.3 Å². The Bertz CT molecular complexity index is 593. The Hall–Kier alpha value is -1.44. The van der Waals surface area contributed by atoms with Crippen LogP contribution in [0.4, 0.5) is 11.8 Å². The number of hydrazine groups is 1. The van der Waals surface area contributed by atoms with Crippen LogP contribution in [0.3, 0.4) is 0 Å². The Balaban J connectivity index is 1.88. The number of hydrogen-bond donors (Lipinski definition) is 3. The van der Waals surface area contributed by atoms with Crippen molar-refractivity contribution in [3.63, 3.8) is 0 Å². The summed E-state index contributed by atoms with van der Waals surface area (Å²) in [5.74, 6) is 6.71. The van der Waals surface area contributed by atoms with Crippen molar-refractivity contribution in [2.24, 2.45) is 5.84 Å². The second-order valence-corrected chi connectivity index (χ2v) is 6.02. The summed E-state index contributed by atoms with van der Waals surface area (Å²) in [6.45, 7) is 2.07. The number of aryl methyl sites for hydroxylation is 1. The van der Waals surface area contributed by atoms with E-state index in [1.807, 2.05) is 0 Å². The molecule has 2 aromatic rings. The Labute approximate surface area is 115 Å². The second-order valence-electron chi connectivity index (χ2n) is 4.79. The summed E-state index contributed by atoms with van der Waals surface area (Å²) in [7, 11) is 1.75. The molecule has 1 fully saturated rings. The third-order valence-electron chi connectivity index (χ3n) is 3.41. The van der Waals surface area contributed by atoms with E-state index in [-0.39, 0.29) is 0 Å². The fraction of sp³-hybridized carbons (Fsp3) is 0.500. The van der Waals surface area contributed by atoms with E-state index < -0.39 is 0 Å². The van der Waals surface area contributed by atoms with Gasteiger partial charge >= 0.3 is 0 Å². The Morgan fingerprint density at radius 1 is 1.42 bits per heavy atom. The predicted octanol–water partition coefficient (Wildman–Crippen LogP) is 1.87. The first-order chi connectivity index (χ1) is 9.19. The molecule has 0 atom stereocenters. The van der Waals surface area contributed by atoms with Crippen LogP contribution in [0.5, 0.6) is 0 Å². The van der Waals surface area contributed by atoms with Gasteiger partial charge in [0.25, 0.3) is 0 Å². The topological polar surface area (TPSA) is 85.1 Å². The van der Waals surface area contributed by atoms with Gasteiger partial charge in [0.05, 0.1) is 11.5 Å². The lowest BCUT2D eigenvalue weighted by atomic mass is 9.89. The summed E-state index contributed by atoms with van der Waals surface area (Å²) >= 11 is 1.64. The molecule has 1 saturated carbocycles. The molecule has 19 heavy (non-hydrogen) atoms. The monoisotopic (exact) mass is 279 g/mol. The van der Waals surface area contributed by atoms with Crippen LogP contribution >= 0.6 is 11.3 Å². The van der Waals surface area contributed by atoms with Gasteiger partial charge in [-0.1, -0.05) is 0 Å². The largest absolute Gasteiger partial charge is 0.381 e. The average molecular weight is 279 g/mol. The molecule has 1 aliphatic carbocycles. The minimum atomic E-state index is 0.367. The van der Waals surface area contributed by atoms with Crippen molar-refractivity contribution in [2.45, 2.75) is 31.9 Å². The van der Waals surface area contributed by atoms with Gasteiger partial charge in [-0.05, 0) is 25.8 Å². The molecular weight excluding hydrogens is 262 g/mol. The smallest absolute Gasteiger partial charge is 0.240 e. The number of nitrogens with zero attached hydrogens (tertiary/aromatic N) is 2. The third kappa shape index (κ3) is 2.36. The van der Waals surface area contributed by atoms with Gasteiger partial charge in [0.1, 0.15) is 10.6 Å². The van der Waals surface area contributed by atoms with Gasteiger partial charge in [0, 0.05) is 18.0 Å². The molecule has 3 rings (SSSR count). The maximum Gasteiger partial charge on any atom is 0.240 e. The van der Waals surface area contributed by atoms with Gasteiger partial charge in [-0.25, -0.2) is 10.8 Å². The number of hydrogen-bond acceptors (Lipinski definition) is 7. The number of thiophene rings is 1. The molecule has 0 bridgehead atoms. The van der Waals surface area contributed by atoms with E-state index in [1.54, 1.807) is 18.4 Å². The molecule has 1 aliphatic rings. The van der Waals surface area contributed by atoms with E-state index in [0.717, 1.165) is 28.9 Å². The van der Waals surface area contributed by atoms with Crippen LogP contribution in [0.2, 0.25) is 0 Å². The Morgan fingerprint density at radius 2 is 2.21 bits per heavy atom. The van der Waals surface area contributed by atoms with Gasteiger partial charge < -0.3 is 10.1 Å². The Morgan fingerprint density at radius 3 is 2.89 bits per heavy atom. The van der Waals surface area contributed by atoms with Crippen molar-refractivity contribution in [1.29, 1.82) is 0 Å². The van der Waals surface area contributed by atoms with E-state index in [1.165, 1.54) is 4.88 Å². The highest BCUT2D eigenvalue weighted by Crippen LogP contribution is 2.32. The highest BCUT2D eigenvalue weighted by atomic mass is 32.1. The predicted molar refractivity (Wildman–Crippen MR) is 77.4 cm³/mol. The van der Waals surface area contributed by atoms with E-state index in [2.05, 4.69) is 33.7 Å². The summed E-state index contributed by atoms with van der Waals surface area (Å²) in [4.78, 5) is 10.9. The van der Waals surface area contributed by atoms with Crippen LogP contribution in [0.25, 0.3) is 10.2 Å². The normalized spacial score (nSPS) is 22.3. The Kier molecular flexibility index (Phi) is 3.26. The first kappa shape index (κ1) is 12.6. The molecule has 0 aromatic carbocycles. The van der Waals surface area contributed by atoms with Crippen molar-refractivity contribution in [1.82, 2.24) is 9.97 Å². The highest BCUT2D eigenvalue weighted by molar-refractivity contribution is 7.18. The lowest BCUT2D eigenvalue weighted by Gasteiger charge is -2.35. The SMILES string of the molecule is COC1CC(Nc2nc(NN)nc3sc(C)cc23)C1. The summed E-state index contributed by atoms with van der Waals surface area (Å²) in [5.41, 5.74) is 2.52. The molecule has 0 unspecified atom stereocenters. The zero-order valence-corrected chi connectivity index (χ0v) is 11.8. The molecule has 0 saturated heterocycles. The number of fused-ring (bicyclic) bond motifs is 1. The molecule has 0 aliphatic heterocycles. The maximum absolute atomic E-state index is 5.42. The summed E-state index contributed by atoms with van der Waals surface area (Å²) in [5, 5.41) is 4.51. The van der Waals surface area contributed by atoms with E-state index in [9.17, 15) is 0 Å². The van der Waals surface area contributed by atoms with Gasteiger partial charge in [-0.3, -0.25) is 5.43 Å². The molecule has 7 heteroatoms. The zero-order chi connectivity index (χ0) is 13.4. The van der Waals surface area contributed by atoms with Crippen molar-refractivity contribution in [3.05, 3.63) is 10.9 Å². The number of rotatable bonds is 4. The van der Waals surface area contributed by atoms with Crippen molar-refractivity contribution in [3.8, 4) is 0 Å². The molecule has 2 heterocycles. The van der Waals surface area contributed by atoms with Crippen LogP contribution in [0, 0.1) is 6.92 Å². The minimum absolute atomic E-state index is 0.367. The number of ether oxygens (including phenoxy) is 1. The van der Waals surface area contributed by atoms with E-state index in [0.29, 0.717) is 18.1 Å². The van der Waals surface area contributed by atoms with Crippen molar-refractivity contribution in [2.75, 3.05) is 17.9 Å². The van der Waals surface area contributed by atoms with Gasteiger partial charge in [0.15, 0.2) is 0 Å². The molecule has 6 nitrogen and oxygen atoms in total. The van der Waals surface area contributed by atoms with Crippen LogP contribution in [-0.4, -0.2) is 29.2 Å². The van der Waals surface area contributed by atoms with Gasteiger partial charge in [-0.2, -0.15) is 4.98 Å². The first-order valence-corrected chi connectivity index (χ1v) is 7.05. The fourth-order valence-corrected chi connectivity index (χ4v) is 3.17. The minimum Gasteiger partial charge on any atom is -0.381 e. The van der Waals surface area contributed by atoms with Crippen LogP contribution in [0.15, 0.2) is 6.07 Å². The lowest BCUT2D eigenvalue weighted by molar-refractivity contribution is 0.0328.